The molecular weight excluding hydrogens is 360 g/mol. The van der Waals surface area contributed by atoms with E-state index in [0.717, 1.165) is 47.3 Å². The summed E-state index contributed by atoms with van der Waals surface area (Å²) in [6.07, 6.45) is 5.60. The smallest absolute Gasteiger partial charge is 0.189 e. The van der Waals surface area contributed by atoms with E-state index in [0.29, 0.717) is 5.92 Å². The van der Waals surface area contributed by atoms with Crippen molar-refractivity contribution < 1.29 is 0 Å². The lowest BCUT2D eigenvalue weighted by Crippen LogP contribution is -2.23. The number of hydrogen-bond acceptors (Lipinski definition) is 6. The van der Waals surface area contributed by atoms with Crippen molar-refractivity contribution in [3.8, 4) is 0 Å². The van der Waals surface area contributed by atoms with Crippen LogP contribution in [-0.2, 0) is 12.8 Å². The SMILES string of the molecule is CCN(CC)c1nc(SC)nc2c1sc1nc(C(C)C)c3c(c12)CCC3. The largest absolute Gasteiger partial charge is 0.356 e. The summed E-state index contributed by atoms with van der Waals surface area (Å²) >= 11 is 3.40. The van der Waals surface area contributed by atoms with Crippen LogP contribution >= 0.6 is 23.1 Å². The Morgan fingerprint density at radius 2 is 1.81 bits per heavy atom. The molecule has 3 aromatic rings. The molecule has 138 valence electrons. The second-order valence-corrected chi connectivity index (χ2v) is 8.90. The van der Waals surface area contributed by atoms with Gasteiger partial charge in [-0.3, -0.25) is 0 Å². The van der Waals surface area contributed by atoms with Gasteiger partial charge in [-0.2, -0.15) is 0 Å². The molecule has 0 amide bonds. The molecule has 4 rings (SSSR count). The molecule has 0 saturated carbocycles. The number of anilines is 1. The average molecular weight is 387 g/mol. The maximum Gasteiger partial charge on any atom is 0.189 e. The highest BCUT2D eigenvalue weighted by molar-refractivity contribution is 7.98. The third-order valence-corrected chi connectivity index (χ3v) is 6.94. The molecule has 6 heteroatoms. The molecule has 0 unspecified atom stereocenters. The molecule has 1 aliphatic carbocycles. The van der Waals surface area contributed by atoms with Gasteiger partial charge in [-0.15, -0.1) is 11.3 Å². The number of pyridine rings is 1. The highest BCUT2D eigenvalue weighted by Gasteiger charge is 2.26. The third-order valence-electron chi connectivity index (χ3n) is 5.32. The van der Waals surface area contributed by atoms with Crippen LogP contribution in [0.4, 0.5) is 5.82 Å². The van der Waals surface area contributed by atoms with E-state index in [9.17, 15) is 0 Å². The summed E-state index contributed by atoms with van der Waals surface area (Å²) in [6, 6.07) is 0. The molecule has 4 nitrogen and oxygen atoms in total. The molecular formula is C20H26N4S2. The van der Waals surface area contributed by atoms with Crippen molar-refractivity contribution in [3.63, 3.8) is 0 Å². The molecule has 0 spiro atoms. The molecule has 0 aliphatic heterocycles. The number of aromatic nitrogens is 3. The van der Waals surface area contributed by atoms with E-state index in [-0.39, 0.29) is 0 Å². The Kier molecular flexibility index (Phi) is 4.82. The first-order valence-electron chi connectivity index (χ1n) is 9.53. The molecule has 0 aromatic carbocycles. The summed E-state index contributed by atoms with van der Waals surface area (Å²) in [7, 11) is 0. The van der Waals surface area contributed by atoms with E-state index in [4.69, 9.17) is 15.0 Å². The summed E-state index contributed by atoms with van der Waals surface area (Å²) in [6.45, 7) is 10.8. The van der Waals surface area contributed by atoms with Gasteiger partial charge < -0.3 is 4.90 Å². The number of aryl methyl sites for hydroxylation is 1. The molecule has 0 atom stereocenters. The fourth-order valence-corrected chi connectivity index (χ4v) is 5.60. The van der Waals surface area contributed by atoms with Crippen molar-refractivity contribution in [2.75, 3.05) is 24.2 Å². The maximum absolute atomic E-state index is 5.12. The van der Waals surface area contributed by atoms with Crippen LogP contribution in [-0.4, -0.2) is 34.3 Å². The van der Waals surface area contributed by atoms with Gasteiger partial charge in [0.25, 0.3) is 0 Å². The van der Waals surface area contributed by atoms with Crippen LogP contribution in [0.3, 0.4) is 0 Å². The Balaban J connectivity index is 2.11. The van der Waals surface area contributed by atoms with Gasteiger partial charge in [0, 0.05) is 24.2 Å². The predicted molar refractivity (Wildman–Crippen MR) is 114 cm³/mol. The summed E-state index contributed by atoms with van der Waals surface area (Å²) in [5.74, 6) is 1.54. The number of fused-ring (bicyclic) bond motifs is 5. The Hall–Kier alpha value is -1.40. The Labute approximate surface area is 163 Å². The van der Waals surface area contributed by atoms with Crippen LogP contribution in [0.25, 0.3) is 20.4 Å². The van der Waals surface area contributed by atoms with E-state index < -0.39 is 0 Å². The molecule has 0 bridgehead atoms. The standard InChI is InChI=1S/C20H26N4S2/c1-6-24(7-2)18-17-16(22-20(23-18)25-5)14-12-9-8-10-13(12)15(11(3)4)21-19(14)26-17/h11H,6-10H2,1-5H3. The molecule has 0 N–H and O–H groups in total. The lowest BCUT2D eigenvalue weighted by atomic mass is 9.99. The predicted octanol–water partition coefficient (Wildman–Crippen LogP) is 5.42. The second kappa shape index (κ2) is 6.97. The molecule has 3 heterocycles. The zero-order valence-electron chi connectivity index (χ0n) is 16.2. The van der Waals surface area contributed by atoms with Crippen LogP contribution < -0.4 is 4.90 Å². The third kappa shape index (κ3) is 2.69. The first kappa shape index (κ1) is 18.0. The first-order chi connectivity index (χ1) is 12.6. The molecule has 0 fully saturated rings. The van der Waals surface area contributed by atoms with E-state index in [1.807, 2.05) is 0 Å². The van der Waals surface area contributed by atoms with Crippen molar-refractivity contribution in [3.05, 3.63) is 16.8 Å². The van der Waals surface area contributed by atoms with Gasteiger partial charge in [0.05, 0.1) is 10.2 Å². The minimum absolute atomic E-state index is 0.464. The Morgan fingerprint density at radius 3 is 2.46 bits per heavy atom. The number of thioether (sulfide) groups is 1. The fourth-order valence-electron chi connectivity index (χ4n) is 4.07. The molecule has 3 aromatic heterocycles. The summed E-state index contributed by atoms with van der Waals surface area (Å²) in [4.78, 5) is 18.4. The van der Waals surface area contributed by atoms with Crippen molar-refractivity contribution in [2.24, 2.45) is 0 Å². The summed E-state index contributed by atoms with van der Waals surface area (Å²) < 4.78 is 1.20. The minimum Gasteiger partial charge on any atom is -0.356 e. The van der Waals surface area contributed by atoms with E-state index in [1.165, 1.54) is 33.3 Å². The highest BCUT2D eigenvalue weighted by Crippen LogP contribution is 2.43. The normalized spacial score (nSPS) is 13.9. The van der Waals surface area contributed by atoms with Gasteiger partial charge in [0.15, 0.2) is 11.0 Å². The fraction of sp³-hybridized carbons (Fsp3) is 0.550. The zero-order valence-corrected chi connectivity index (χ0v) is 17.9. The summed E-state index contributed by atoms with van der Waals surface area (Å²) in [5.41, 5.74) is 5.40. The number of thiophene rings is 1. The molecule has 0 saturated heterocycles. The van der Waals surface area contributed by atoms with Gasteiger partial charge in [-0.1, -0.05) is 25.6 Å². The lowest BCUT2D eigenvalue weighted by Gasteiger charge is -2.20. The van der Waals surface area contributed by atoms with Gasteiger partial charge >= 0.3 is 0 Å². The number of nitrogens with zero attached hydrogens (tertiary/aromatic N) is 4. The topological polar surface area (TPSA) is 41.9 Å². The van der Waals surface area contributed by atoms with Crippen molar-refractivity contribution in [1.82, 2.24) is 15.0 Å². The number of rotatable bonds is 5. The molecule has 0 radical (unpaired) electrons. The van der Waals surface area contributed by atoms with Gasteiger partial charge in [0.2, 0.25) is 0 Å². The van der Waals surface area contributed by atoms with Gasteiger partial charge in [-0.25, -0.2) is 15.0 Å². The lowest BCUT2D eigenvalue weighted by molar-refractivity contribution is 0.805. The van der Waals surface area contributed by atoms with Gasteiger partial charge in [0.1, 0.15) is 4.83 Å². The van der Waals surface area contributed by atoms with Crippen LogP contribution in [0.1, 0.15) is 56.9 Å². The molecule has 26 heavy (non-hydrogen) atoms. The minimum atomic E-state index is 0.464. The molecule has 1 aliphatic rings. The maximum atomic E-state index is 5.12. The first-order valence-corrected chi connectivity index (χ1v) is 11.6. The van der Waals surface area contributed by atoms with Gasteiger partial charge in [-0.05, 0) is 56.4 Å². The van der Waals surface area contributed by atoms with Crippen LogP contribution in [0.2, 0.25) is 0 Å². The van der Waals surface area contributed by atoms with Crippen LogP contribution in [0.5, 0.6) is 0 Å². The number of hydrogen-bond donors (Lipinski definition) is 0. The van der Waals surface area contributed by atoms with Crippen molar-refractivity contribution >= 4 is 49.3 Å². The summed E-state index contributed by atoms with van der Waals surface area (Å²) in [5, 5.41) is 2.16. The van der Waals surface area contributed by atoms with E-state index in [1.54, 1.807) is 23.1 Å². The quantitative estimate of drug-likeness (QED) is 0.433. The Morgan fingerprint density at radius 1 is 1.08 bits per heavy atom. The van der Waals surface area contributed by atoms with Crippen molar-refractivity contribution in [1.29, 1.82) is 0 Å². The monoisotopic (exact) mass is 386 g/mol. The van der Waals surface area contributed by atoms with Crippen molar-refractivity contribution in [2.45, 2.75) is 58.0 Å². The van der Waals surface area contributed by atoms with Crippen LogP contribution in [0, 0.1) is 0 Å². The van der Waals surface area contributed by atoms with Crippen LogP contribution in [0.15, 0.2) is 5.16 Å². The van der Waals surface area contributed by atoms with E-state index >= 15 is 0 Å². The highest BCUT2D eigenvalue weighted by atomic mass is 32.2. The zero-order chi connectivity index (χ0) is 18.4. The second-order valence-electron chi connectivity index (χ2n) is 7.13. The Bertz CT molecular complexity index is 973. The van der Waals surface area contributed by atoms with E-state index in [2.05, 4.69) is 38.9 Å². The average Bonchev–Trinajstić information content (AvgIpc) is 3.25.